The second-order valence-corrected chi connectivity index (χ2v) is 7.17. The number of anilines is 1. The molecule has 0 saturated carbocycles. The van der Waals surface area contributed by atoms with Gasteiger partial charge in [-0.15, -0.1) is 11.3 Å². The van der Waals surface area contributed by atoms with Gasteiger partial charge in [-0.05, 0) is 50.1 Å². The summed E-state index contributed by atoms with van der Waals surface area (Å²) in [5.74, 6) is -0.612. The number of rotatable bonds is 3. The molecule has 3 N–H and O–H groups in total. The van der Waals surface area contributed by atoms with Gasteiger partial charge in [0, 0.05) is 10.6 Å². The van der Waals surface area contributed by atoms with Crippen LogP contribution in [-0.4, -0.2) is 17.8 Å². The maximum atomic E-state index is 12.4. The molecule has 3 rings (SSSR count). The molecule has 24 heavy (non-hydrogen) atoms. The topological polar surface area (TPSA) is 87.3 Å². The van der Waals surface area contributed by atoms with Crippen LogP contribution in [0.25, 0.3) is 0 Å². The van der Waals surface area contributed by atoms with E-state index in [4.69, 9.17) is 0 Å². The van der Waals surface area contributed by atoms with Crippen LogP contribution in [0.4, 0.5) is 10.5 Å². The first-order chi connectivity index (χ1) is 11.3. The summed E-state index contributed by atoms with van der Waals surface area (Å²) >= 11 is 1.44. The minimum Gasteiger partial charge on any atom is -0.321 e. The second kappa shape index (κ2) is 5.76. The summed E-state index contributed by atoms with van der Waals surface area (Å²) in [4.78, 5) is 37.5. The molecule has 124 valence electrons. The van der Waals surface area contributed by atoms with Crippen molar-refractivity contribution in [1.29, 1.82) is 0 Å². The van der Waals surface area contributed by atoms with Gasteiger partial charge in [0.2, 0.25) is 0 Å². The summed E-state index contributed by atoms with van der Waals surface area (Å²) in [6, 6.07) is 8.23. The molecule has 1 aromatic heterocycles. The largest absolute Gasteiger partial charge is 0.322 e. The van der Waals surface area contributed by atoms with Crippen molar-refractivity contribution in [2.45, 2.75) is 26.3 Å². The molecular weight excluding hydrogens is 326 g/mol. The van der Waals surface area contributed by atoms with Gasteiger partial charge in [0.1, 0.15) is 5.54 Å². The Kier molecular flexibility index (Phi) is 3.88. The molecule has 1 atom stereocenters. The number of carbonyl (C=O) groups excluding carboxylic acids is 3. The van der Waals surface area contributed by atoms with Crippen LogP contribution >= 0.6 is 11.3 Å². The monoisotopic (exact) mass is 343 g/mol. The summed E-state index contributed by atoms with van der Waals surface area (Å²) in [6.45, 7) is 5.56. The van der Waals surface area contributed by atoms with Gasteiger partial charge in [-0.25, -0.2) is 4.79 Å². The van der Waals surface area contributed by atoms with E-state index in [1.807, 2.05) is 19.9 Å². The van der Waals surface area contributed by atoms with Crippen LogP contribution in [0.2, 0.25) is 0 Å². The highest BCUT2D eigenvalue weighted by molar-refractivity contribution is 7.14. The van der Waals surface area contributed by atoms with E-state index >= 15 is 0 Å². The van der Waals surface area contributed by atoms with E-state index in [-0.39, 0.29) is 5.91 Å². The number of hydrogen-bond acceptors (Lipinski definition) is 4. The molecule has 1 aliphatic heterocycles. The molecular formula is C17H17N3O3S. The lowest BCUT2D eigenvalue weighted by Gasteiger charge is -2.21. The molecule has 0 spiro atoms. The fourth-order valence-corrected chi connectivity index (χ4v) is 3.46. The maximum absolute atomic E-state index is 12.4. The molecule has 1 unspecified atom stereocenters. The highest BCUT2D eigenvalue weighted by Gasteiger charge is 2.43. The fraction of sp³-hybridized carbons (Fsp3) is 0.235. The molecule has 1 aliphatic rings. The third kappa shape index (κ3) is 2.78. The normalized spacial score (nSPS) is 19.8. The molecule has 0 bridgehead atoms. The summed E-state index contributed by atoms with van der Waals surface area (Å²) in [5.41, 5.74) is 1.10. The zero-order valence-electron chi connectivity index (χ0n) is 13.5. The standard InChI is InChI=1S/C17H17N3O3S/c1-9-7-13(24-10(9)2)14(21)18-12-6-4-5-11(8-12)17(3)15(22)19-16(23)20-17/h4-8H,1-3H3,(H,18,21)(H2,19,20,22,23). The van der Waals surface area contributed by atoms with Crippen LogP contribution < -0.4 is 16.0 Å². The lowest BCUT2D eigenvalue weighted by atomic mass is 9.92. The van der Waals surface area contributed by atoms with Crippen molar-refractivity contribution in [3.05, 3.63) is 51.2 Å². The van der Waals surface area contributed by atoms with E-state index in [0.29, 0.717) is 16.1 Å². The van der Waals surface area contributed by atoms with Crippen LogP contribution in [0, 0.1) is 13.8 Å². The Labute approximate surface area is 143 Å². The lowest BCUT2D eigenvalue weighted by molar-refractivity contribution is -0.123. The van der Waals surface area contributed by atoms with E-state index in [2.05, 4.69) is 16.0 Å². The molecule has 1 saturated heterocycles. The second-order valence-electron chi connectivity index (χ2n) is 5.92. The molecule has 0 radical (unpaired) electrons. The summed E-state index contributed by atoms with van der Waals surface area (Å²) in [6.07, 6.45) is 0. The fourth-order valence-electron chi connectivity index (χ4n) is 2.53. The van der Waals surface area contributed by atoms with Gasteiger partial charge in [-0.1, -0.05) is 12.1 Å². The first kappa shape index (κ1) is 16.2. The smallest absolute Gasteiger partial charge is 0.321 e. The van der Waals surface area contributed by atoms with Crippen LogP contribution in [0.15, 0.2) is 30.3 Å². The highest BCUT2D eigenvalue weighted by atomic mass is 32.1. The molecule has 2 heterocycles. The first-order valence-electron chi connectivity index (χ1n) is 7.42. The number of hydrogen-bond donors (Lipinski definition) is 3. The predicted octanol–water partition coefficient (Wildman–Crippen LogP) is 2.67. The van der Waals surface area contributed by atoms with Gasteiger partial charge in [0.15, 0.2) is 0 Å². The number of urea groups is 1. The minimum absolute atomic E-state index is 0.196. The zero-order chi connectivity index (χ0) is 17.5. The number of benzene rings is 1. The number of aryl methyl sites for hydroxylation is 2. The number of carbonyl (C=O) groups is 3. The third-order valence-corrected chi connectivity index (χ3v) is 5.28. The Morgan fingerprint density at radius 1 is 1.21 bits per heavy atom. The van der Waals surface area contributed by atoms with E-state index in [9.17, 15) is 14.4 Å². The van der Waals surface area contributed by atoms with Crippen LogP contribution in [0.1, 0.15) is 32.6 Å². The third-order valence-electron chi connectivity index (χ3n) is 4.13. The van der Waals surface area contributed by atoms with Gasteiger partial charge in [-0.2, -0.15) is 0 Å². The number of amides is 4. The summed E-state index contributed by atoms with van der Waals surface area (Å²) < 4.78 is 0. The number of imide groups is 1. The van der Waals surface area contributed by atoms with Crippen molar-refractivity contribution in [1.82, 2.24) is 10.6 Å². The van der Waals surface area contributed by atoms with Crippen LogP contribution in [0.5, 0.6) is 0 Å². The Hall–Kier alpha value is -2.67. The Morgan fingerprint density at radius 2 is 1.96 bits per heavy atom. The van der Waals surface area contributed by atoms with Crippen molar-refractivity contribution in [3.8, 4) is 0 Å². The van der Waals surface area contributed by atoms with Crippen LogP contribution in [0.3, 0.4) is 0 Å². The van der Waals surface area contributed by atoms with Crippen molar-refractivity contribution in [3.63, 3.8) is 0 Å². The van der Waals surface area contributed by atoms with Crippen molar-refractivity contribution in [2.24, 2.45) is 0 Å². The molecule has 7 heteroatoms. The SMILES string of the molecule is Cc1cc(C(=O)Nc2cccc(C3(C)NC(=O)NC3=O)c2)sc1C. The Morgan fingerprint density at radius 3 is 2.54 bits per heavy atom. The molecule has 6 nitrogen and oxygen atoms in total. The summed E-state index contributed by atoms with van der Waals surface area (Å²) in [7, 11) is 0. The van der Waals surface area contributed by atoms with Crippen LogP contribution in [-0.2, 0) is 10.3 Å². The Balaban J connectivity index is 1.85. The van der Waals surface area contributed by atoms with E-state index in [0.717, 1.165) is 10.4 Å². The van der Waals surface area contributed by atoms with Crippen molar-refractivity contribution < 1.29 is 14.4 Å². The number of thiophene rings is 1. The molecule has 1 aromatic carbocycles. The molecule has 4 amide bonds. The molecule has 1 fully saturated rings. The van der Waals surface area contributed by atoms with Crippen molar-refractivity contribution in [2.75, 3.05) is 5.32 Å². The average Bonchev–Trinajstić information content (AvgIpc) is 2.99. The number of nitrogens with one attached hydrogen (secondary N) is 3. The summed E-state index contributed by atoms with van der Waals surface area (Å²) in [5, 5.41) is 7.67. The maximum Gasteiger partial charge on any atom is 0.322 e. The molecule has 2 aromatic rings. The molecule has 0 aliphatic carbocycles. The minimum atomic E-state index is -1.14. The highest BCUT2D eigenvalue weighted by Crippen LogP contribution is 2.27. The quantitative estimate of drug-likeness (QED) is 0.749. The van der Waals surface area contributed by atoms with E-state index in [1.54, 1.807) is 31.2 Å². The average molecular weight is 343 g/mol. The Bertz CT molecular complexity index is 839. The van der Waals surface area contributed by atoms with Crippen molar-refractivity contribution >= 4 is 34.9 Å². The predicted molar refractivity (Wildman–Crippen MR) is 92.2 cm³/mol. The van der Waals surface area contributed by atoms with Gasteiger partial charge in [0.05, 0.1) is 4.88 Å². The van der Waals surface area contributed by atoms with E-state index in [1.165, 1.54) is 11.3 Å². The van der Waals surface area contributed by atoms with Gasteiger partial charge < -0.3 is 10.6 Å². The first-order valence-corrected chi connectivity index (χ1v) is 8.24. The lowest BCUT2D eigenvalue weighted by Crippen LogP contribution is -2.40. The van der Waals surface area contributed by atoms with E-state index < -0.39 is 17.5 Å². The zero-order valence-corrected chi connectivity index (χ0v) is 14.3. The van der Waals surface area contributed by atoms with Gasteiger partial charge in [-0.3, -0.25) is 14.9 Å². The van der Waals surface area contributed by atoms with Gasteiger partial charge >= 0.3 is 6.03 Å². The van der Waals surface area contributed by atoms with Gasteiger partial charge in [0.25, 0.3) is 11.8 Å².